The molecule has 0 atom stereocenters. The standard InChI is InChI=1S/C25H27N5O/c1-25(2,3)20-15-19(22-23(26)29-30(4)24(22)28-20)17-10-12-18(13-11-17)27-21(31)14-16-8-6-5-7-9-16/h5-13,15H,14H2,1-4H3,(H2,26,29)(H,27,31). The van der Waals surface area contributed by atoms with Crippen LogP contribution in [0.15, 0.2) is 60.7 Å². The number of nitrogens with zero attached hydrogens (tertiary/aromatic N) is 3. The normalized spacial score (nSPS) is 11.6. The van der Waals surface area contributed by atoms with Gasteiger partial charge in [0.2, 0.25) is 5.91 Å². The third-order valence-corrected chi connectivity index (χ3v) is 5.28. The molecule has 1 amide bonds. The van der Waals surface area contributed by atoms with Crippen molar-refractivity contribution in [3.05, 3.63) is 71.9 Å². The van der Waals surface area contributed by atoms with Crippen LogP contribution in [0.1, 0.15) is 32.0 Å². The molecule has 2 aromatic carbocycles. The molecule has 0 saturated carbocycles. The van der Waals surface area contributed by atoms with E-state index in [1.165, 1.54) is 0 Å². The lowest BCUT2D eigenvalue weighted by Crippen LogP contribution is -2.14. The number of aromatic nitrogens is 3. The maximum absolute atomic E-state index is 12.4. The maximum atomic E-state index is 12.4. The molecule has 0 aliphatic carbocycles. The minimum absolute atomic E-state index is 0.0447. The lowest BCUT2D eigenvalue weighted by molar-refractivity contribution is -0.115. The second kappa shape index (κ2) is 7.87. The van der Waals surface area contributed by atoms with Crippen molar-refractivity contribution in [2.75, 3.05) is 11.1 Å². The summed E-state index contributed by atoms with van der Waals surface area (Å²) in [6, 6.07) is 19.6. The quantitative estimate of drug-likeness (QED) is 0.508. The smallest absolute Gasteiger partial charge is 0.228 e. The van der Waals surface area contributed by atoms with Gasteiger partial charge >= 0.3 is 0 Å². The van der Waals surface area contributed by atoms with Crippen molar-refractivity contribution in [1.29, 1.82) is 0 Å². The molecule has 0 saturated heterocycles. The number of anilines is 2. The molecule has 3 N–H and O–H groups in total. The van der Waals surface area contributed by atoms with Crippen molar-refractivity contribution >= 4 is 28.4 Å². The van der Waals surface area contributed by atoms with Gasteiger partial charge in [0.25, 0.3) is 0 Å². The molecule has 0 aliphatic rings. The molecule has 0 radical (unpaired) electrons. The minimum Gasteiger partial charge on any atom is -0.382 e. The van der Waals surface area contributed by atoms with Crippen LogP contribution in [0.5, 0.6) is 0 Å². The van der Waals surface area contributed by atoms with E-state index in [9.17, 15) is 4.79 Å². The van der Waals surface area contributed by atoms with E-state index in [0.717, 1.165) is 39.1 Å². The molecule has 2 heterocycles. The number of carbonyl (C=O) groups is 1. The first-order valence-electron chi connectivity index (χ1n) is 10.3. The summed E-state index contributed by atoms with van der Waals surface area (Å²) in [5.41, 5.74) is 11.6. The molecule has 31 heavy (non-hydrogen) atoms. The Hall–Kier alpha value is -3.67. The monoisotopic (exact) mass is 413 g/mol. The van der Waals surface area contributed by atoms with E-state index in [2.05, 4.69) is 37.3 Å². The Morgan fingerprint density at radius 3 is 2.39 bits per heavy atom. The van der Waals surface area contributed by atoms with Gasteiger partial charge in [-0.25, -0.2) is 9.67 Å². The van der Waals surface area contributed by atoms with Gasteiger partial charge in [-0.2, -0.15) is 5.10 Å². The predicted octanol–water partition coefficient (Wildman–Crippen LogP) is 4.70. The summed E-state index contributed by atoms with van der Waals surface area (Å²) in [5, 5.41) is 8.18. The molecule has 4 rings (SSSR count). The van der Waals surface area contributed by atoms with Gasteiger partial charge in [-0.05, 0) is 34.9 Å². The summed E-state index contributed by atoms with van der Waals surface area (Å²) < 4.78 is 1.72. The second-order valence-corrected chi connectivity index (χ2v) is 8.80. The predicted molar refractivity (Wildman–Crippen MR) is 126 cm³/mol. The molecule has 6 heteroatoms. The number of amides is 1. The first-order valence-corrected chi connectivity index (χ1v) is 10.3. The van der Waals surface area contributed by atoms with Crippen LogP contribution in [0, 0.1) is 0 Å². The van der Waals surface area contributed by atoms with Gasteiger partial charge < -0.3 is 11.1 Å². The molecule has 158 valence electrons. The van der Waals surface area contributed by atoms with E-state index in [1.807, 2.05) is 61.6 Å². The fourth-order valence-corrected chi connectivity index (χ4v) is 3.61. The summed E-state index contributed by atoms with van der Waals surface area (Å²) in [4.78, 5) is 17.2. The van der Waals surface area contributed by atoms with Crippen molar-refractivity contribution in [3.8, 4) is 11.1 Å². The zero-order chi connectivity index (χ0) is 22.2. The van der Waals surface area contributed by atoms with Gasteiger partial charge in [-0.3, -0.25) is 4.79 Å². The summed E-state index contributed by atoms with van der Waals surface area (Å²) in [6.07, 6.45) is 0.342. The van der Waals surface area contributed by atoms with E-state index in [0.29, 0.717) is 12.2 Å². The number of fused-ring (bicyclic) bond motifs is 1. The molecule has 0 bridgehead atoms. The Kier molecular flexibility index (Phi) is 5.23. The van der Waals surface area contributed by atoms with E-state index in [-0.39, 0.29) is 11.3 Å². The van der Waals surface area contributed by atoms with Gasteiger partial charge in [0, 0.05) is 23.8 Å². The molecule has 0 fully saturated rings. The van der Waals surface area contributed by atoms with Gasteiger partial charge in [-0.15, -0.1) is 0 Å². The first-order chi connectivity index (χ1) is 14.7. The zero-order valence-corrected chi connectivity index (χ0v) is 18.3. The highest BCUT2D eigenvalue weighted by molar-refractivity contribution is 6.01. The van der Waals surface area contributed by atoms with Crippen molar-refractivity contribution in [2.24, 2.45) is 7.05 Å². The van der Waals surface area contributed by atoms with Crippen LogP contribution in [-0.2, 0) is 23.7 Å². The first kappa shape index (κ1) is 20.6. The molecular formula is C25H27N5O. The Morgan fingerprint density at radius 1 is 1.06 bits per heavy atom. The van der Waals surface area contributed by atoms with Crippen molar-refractivity contribution in [3.63, 3.8) is 0 Å². The van der Waals surface area contributed by atoms with Crippen LogP contribution in [0.2, 0.25) is 0 Å². The minimum atomic E-state index is -0.118. The molecular weight excluding hydrogens is 386 g/mol. The van der Waals surface area contributed by atoms with Crippen LogP contribution in [0.25, 0.3) is 22.2 Å². The number of nitrogens with two attached hydrogens (primary N) is 1. The number of benzene rings is 2. The van der Waals surface area contributed by atoms with Crippen molar-refractivity contribution in [1.82, 2.24) is 14.8 Å². The number of hydrogen-bond acceptors (Lipinski definition) is 4. The summed E-state index contributed by atoms with van der Waals surface area (Å²) in [5.74, 6) is 0.414. The molecule has 4 aromatic rings. The van der Waals surface area contributed by atoms with Crippen LogP contribution < -0.4 is 11.1 Å². The number of hydrogen-bond donors (Lipinski definition) is 2. The summed E-state index contributed by atoms with van der Waals surface area (Å²) >= 11 is 0. The lowest BCUT2D eigenvalue weighted by atomic mass is 9.89. The van der Waals surface area contributed by atoms with E-state index < -0.39 is 0 Å². The van der Waals surface area contributed by atoms with E-state index in [4.69, 9.17) is 10.7 Å². The molecule has 0 aliphatic heterocycles. The molecule has 0 unspecified atom stereocenters. The molecule has 0 spiro atoms. The van der Waals surface area contributed by atoms with Crippen molar-refractivity contribution < 1.29 is 4.79 Å². The second-order valence-electron chi connectivity index (χ2n) is 8.80. The number of pyridine rings is 1. The highest BCUT2D eigenvalue weighted by Gasteiger charge is 2.22. The Labute approximate surface area is 182 Å². The Bertz CT molecular complexity index is 1240. The highest BCUT2D eigenvalue weighted by atomic mass is 16.1. The highest BCUT2D eigenvalue weighted by Crippen LogP contribution is 2.35. The number of aryl methyl sites for hydroxylation is 1. The van der Waals surface area contributed by atoms with Gasteiger partial charge in [0.1, 0.15) is 0 Å². The lowest BCUT2D eigenvalue weighted by Gasteiger charge is -2.19. The third kappa shape index (κ3) is 4.28. The van der Waals surface area contributed by atoms with Crippen LogP contribution in [0.3, 0.4) is 0 Å². The summed E-state index contributed by atoms with van der Waals surface area (Å²) in [6.45, 7) is 6.40. The van der Waals surface area contributed by atoms with Crippen molar-refractivity contribution in [2.45, 2.75) is 32.6 Å². The van der Waals surface area contributed by atoms with E-state index >= 15 is 0 Å². The van der Waals surface area contributed by atoms with Gasteiger partial charge in [0.15, 0.2) is 11.5 Å². The number of nitrogens with one attached hydrogen (secondary N) is 1. The van der Waals surface area contributed by atoms with Gasteiger partial charge in [-0.1, -0.05) is 63.2 Å². The number of rotatable bonds is 4. The fourth-order valence-electron chi connectivity index (χ4n) is 3.61. The summed E-state index contributed by atoms with van der Waals surface area (Å²) in [7, 11) is 1.85. The average Bonchev–Trinajstić information content (AvgIpc) is 3.02. The zero-order valence-electron chi connectivity index (χ0n) is 18.3. The third-order valence-electron chi connectivity index (χ3n) is 5.28. The maximum Gasteiger partial charge on any atom is 0.228 e. The average molecular weight is 414 g/mol. The van der Waals surface area contributed by atoms with E-state index in [1.54, 1.807) is 4.68 Å². The molecule has 6 nitrogen and oxygen atoms in total. The van der Waals surface area contributed by atoms with Gasteiger partial charge in [0.05, 0.1) is 11.8 Å². The Balaban J connectivity index is 1.65. The fraction of sp³-hybridized carbons (Fsp3) is 0.240. The topological polar surface area (TPSA) is 85.8 Å². The SMILES string of the molecule is Cn1nc(N)c2c(-c3ccc(NC(=O)Cc4ccccc4)cc3)cc(C(C)(C)C)nc21. The van der Waals surface area contributed by atoms with Crippen LogP contribution in [0.4, 0.5) is 11.5 Å². The molecule has 2 aromatic heterocycles. The largest absolute Gasteiger partial charge is 0.382 e. The van der Waals surface area contributed by atoms with Crippen LogP contribution in [-0.4, -0.2) is 20.7 Å². The number of carbonyl (C=O) groups excluding carboxylic acids is 1. The Morgan fingerprint density at radius 2 is 1.74 bits per heavy atom. The number of nitrogen functional groups attached to an aromatic ring is 1. The van der Waals surface area contributed by atoms with Crippen LogP contribution >= 0.6 is 0 Å².